The van der Waals surface area contributed by atoms with E-state index < -0.39 is 0 Å². The zero-order valence-electron chi connectivity index (χ0n) is 14.5. The molecule has 0 saturated carbocycles. The molecule has 3 atom stereocenters. The van der Waals surface area contributed by atoms with Crippen LogP contribution in [0.1, 0.15) is 41.0 Å². The first-order valence-electron chi connectivity index (χ1n) is 8.95. The largest absolute Gasteiger partial charge is 0.365 e. The summed E-state index contributed by atoms with van der Waals surface area (Å²) >= 11 is 0. The summed E-state index contributed by atoms with van der Waals surface area (Å²) in [6.45, 7) is 3.23. The number of hydrogen-bond acceptors (Lipinski definition) is 5. The van der Waals surface area contributed by atoms with Gasteiger partial charge in [-0.1, -0.05) is 6.07 Å². The zero-order valence-corrected chi connectivity index (χ0v) is 14.5. The lowest BCUT2D eigenvalue weighted by Gasteiger charge is -2.33. The first-order chi connectivity index (χ1) is 12.7. The minimum Gasteiger partial charge on any atom is -0.365 e. The number of aromatic amines is 1. The molecule has 1 unspecified atom stereocenters. The normalized spacial score (nSPS) is 25.6. The molecule has 0 spiro atoms. The van der Waals surface area contributed by atoms with E-state index in [0.717, 1.165) is 36.6 Å². The van der Waals surface area contributed by atoms with E-state index in [4.69, 9.17) is 4.74 Å². The van der Waals surface area contributed by atoms with E-state index in [0.29, 0.717) is 18.0 Å². The van der Waals surface area contributed by atoms with E-state index in [1.165, 1.54) is 0 Å². The molecule has 26 heavy (non-hydrogen) atoms. The van der Waals surface area contributed by atoms with Crippen LogP contribution in [0.5, 0.6) is 0 Å². The van der Waals surface area contributed by atoms with Crippen LogP contribution in [0, 0.1) is 12.8 Å². The minimum absolute atomic E-state index is 0.0189. The van der Waals surface area contributed by atoms with Crippen molar-refractivity contribution in [1.29, 1.82) is 0 Å². The average molecular weight is 352 g/mol. The number of nitrogens with zero attached hydrogens (tertiary/aromatic N) is 5. The van der Waals surface area contributed by atoms with Crippen LogP contribution in [0.15, 0.2) is 30.6 Å². The molecule has 0 radical (unpaired) electrons. The molecular weight excluding hydrogens is 332 g/mol. The minimum atomic E-state index is -0.0815. The Balaban J connectivity index is 1.33. The Hall–Kier alpha value is -2.74. The number of likely N-dealkylation sites (tertiary alicyclic amines) is 1. The second-order valence-corrected chi connectivity index (χ2v) is 7.07. The number of carbonyl (C=O) groups is 1. The van der Waals surface area contributed by atoms with Crippen molar-refractivity contribution in [3.63, 3.8) is 0 Å². The van der Waals surface area contributed by atoms with Crippen molar-refractivity contribution >= 4 is 11.4 Å². The van der Waals surface area contributed by atoms with Crippen LogP contribution in [-0.4, -0.2) is 54.8 Å². The fourth-order valence-electron chi connectivity index (χ4n) is 4.05. The Kier molecular flexibility index (Phi) is 3.53. The molecule has 5 rings (SSSR count). The first kappa shape index (κ1) is 15.5. The Labute approximate surface area is 150 Å². The molecule has 5 heterocycles. The van der Waals surface area contributed by atoms with Crippen molar-refractivity contribution in [3.8, 4) is 0 Å². The number of rotatable bonds is 2. The van der Waals surface area contributed by atoms with E-state index in [-0.39, 0.29) is 18.1 Å². The van der Waals surface area contributed by atoms with Crippen molar-refractivity contribution in [2.45, 2.75) is 32.0 Å². The highest BCUT2D eigenvalue weighted by Gasteiger charge is 2.42. The van der Waals surface area contributed by atoms with E-state index in [1.54, 1.807) is 10.7 Å². The van der Waals surface area contributed by atoms with Gasteiger partial charge in [-0.2, -0.15) is 10.2 Å². The van der Waals surface area contributed by atoms with Gasteiger partial charge in [-0.05, 0) is 37.8 Å². The number of carbonyl (C=O) groups excluding carboxylic acids is 1. The number of ether oxygens (including phenoxy) is 1. The Bertz CT molecular complexity index is 963. The molecule has 2 fully saturated rings. The second-order valence-electron chi connectivity index (χ2n) is 7.07. The van der Waals surface area contributed by atoms with Crippen molar-refractivity contribution in [3.05, 3.63) is 47.8 Å². The van der Waals surface area contributed by atoms with Gasteiger partial charge in [-0.3, -0.25) is 9.89 Å². The van der Waals surface area contributed by atoms with Crippen LogP contribution in [0.3, 0.4) is 0 Å². The third kappa shape index (κ3) is 2.48. The molecular formula is C18H20N6O2. The Morgan fingerprint density at radius 1 is 1.38 bits per heavy atom. The number of H-pyrrole nitrogens is 1. The lowest BCUT2D eigenvalue weighted by molar-refractivity contribution is -0.00678. The lowest BCUT2D eigenvalue weighted by atomic mass is 9.91. The summed E-state index contributed by atoms with van der Waals surface area (Å²) < 4.78 is 7.92. The van der Waals surface area contributed by atoms with Gasteiger partial charge in [-0.15, -0.1) is 0 Å². The first-order valence-corrected chi connectivity index (χ1v) is 8.95. The number of aromatic nitrogens is 5. The fraction of sp³-hybridized carbons (Fsp3) is 0.444. The Morgan fingerprint density at radius 2 is 2.31 bits per heavy atom. The molecule has 1 amide bonds. The highest BCUT2D eigenvalue weighted by Crippen LogP contribution is 2.40. The monoisotopic (exact) mass is 352 g/mol. The smallest absolute Gasteiger partial charge is 0.257 e. The van der Waals surface area contributed by atoms with Gasteiger partial charge in [0, 0.05) is 19.3 Å². The predicted molar refractivity (Wildman–Crippen MR) is 92.6 cm³/mol. The molecule has 2 aliphatic heterocycles. The van der Waals surface area contributed by atoms with Gasteiger partial charge in [-0.25, -0.2) is 9.50 Å². The molecule has 2 aliphatic rings. The van der Waals surface area contributed by atoms with Crippen LogP contribution in [0.25, 0.3) is 5.52 Å². The summed E-state index contributed by atoms with van der Waals surface area (Å²) in [5, 5.41) is 11.4. The number of hydrogen-bond donors (Lipinski definition) is 1. The summed E-state index contributed by atoms with van der Waals surface area (Å²) in [6, 6.07) is 5.74. The highest BCUT2D eigenvalue weighted by molar-refractivity contribution is 6.00. The summed E-state index contributed by atoms with van der Waals surface area (Å²) in [5.41, 5.74) is 1.48. The van der Waals surface area contributed by atoms with Crippen molar-refractivity contribution < 1.29 is 9.53 Å². The molecule has 0 aromatic carbocycles. The van der Waals surface area contributed by atoms with Crippen LogP contribution >= 0.6 is 0 Å². The third-order valence-corrected chi connectivity index (χ3v) is 5.40. The average Bonchev–Trinajstić information content (AvgIpc) is 3.37. The van der Waals surface area contributed by atoms with Gasteiger partial charge in [0.25, 0.3) is 5.91 Å². The molecule has 134 valence electrons. The predicted octanol–water partition coefficient (Wildman–Crippen LogP) is 1.75. The Morgan fingerprint density at radius 3 is 3.15 bits per heavy atom. The fourth-order valence-corrected chi connectivity index (χ4v) is 4.05. The summed E-state index contributed by atoms with van der Waals surface area (Å²) in [4.78, 5) is 19.3. The van der Waals surface area contributed by atoms with Gasteiger partial charge in [0.1, 0.15) is 11.9 Å². The van der Waals surface area contributed by atoms with E-state index >= 15 is 0 Å². The SMILES string of the molecule is Cc1nc([C@H]2CC3CCN(C(=O)c4cnn5ccccc45)C[C@H]3O2)n[nH]1. The second kappa shape index (κ2) is 5.91. The number of amides is 1. The maximum atomic E-state index is 13.0. The number of aryl methyl sites for hydroxylation is 1. The number of nitrogens with one attached hydrogen (secondary N) is 1. The quantitative estimate of drug-likeness (QED) is 0.759. The summed E-state index contributed by atoms with van der Waals surface area (Å²) in [5.74, 6) is 1.98. The van der Waals surface area contributed by atoms with Gasteiger partial charge >= 0.3 is 0 Å². The molecule has 8 heteroatoms. The molecule has 0 bridgehead atoms. The lowest BCUT2D eigenvalue weighted by Crippen LogP contribution is -2.45. The maximum Gasteiger partial charge on any atom is 0.257 e. The summed E-state index contributed by atoms with van der Waals surface area (Å²) in [6.07, 6.45) is 5.32. The van der Waals surface area contributed by atoms with Crippen LogP contribution < -0.4 is 0 Å². The number of piperidine rings is 1. The van der Waals surface area contributed by atoms with Crippen molar-refractivity contribution in [2.75, 3.05) is 13.1 Å². The third-order valence-electron chi connectivity index (χ3n) is 5.40. The maximum absolute atomic E-state index is 13.0. The van der Waals surface area contributed by atoms with Gasteiger partial charge in [0.15, 0.2) is 5.82 Å². The zero-order chi connectivity index (χ0) is 17.7. The topological polar surface area (TPSA) is 88.4 Å². The van der Waals surface area contributed by atoms with Crippen LogP contribution in [-0.2, 0) is 4.74 Å². The highest BCUT2D eigenvalue weighted by atomic mass is 16.5. The van der Waals surface area contributed by atoms with Gasteiger partial charge in [0.2, 0.25) is 0 Å². The van der Waals surface area contributed by atoms with Crippen molar-refractivity contribution in [1.82, 2.24) is 29.7 Å². The van der Waals surface area contributed by atoms with Crippen LogP contribution in [0.4, 0.5) is 0 Å². The van der Waals surface area contributed by atoms with Crippen LogP contribution in [0.2, 0.25) is 0 Å². The molecule has 3 aromatic heterocycles. The summed E-state index contributed by atoms with van der Waals surface area (Å²) in [7, 11) is 0. The molecule has 1 N–H and O–H groups in total. The number of pyridine rings is 1. The standard InChI is InChI=1S/C18H20N6O2/c1-11-20-17(22-21-11)15-8-12-5-7-23(10-16(12)26-15)18(25)13-9-19-24-6-3-2-4-14(13)24/h2-4,6,9,12,15-16H,5,7-8,10H2,1H3,(H,20,21,22)/t12?,15-,16-/m1/s1. The molecule has 2 saturated heterocycles. The van der Waals surface area contributed by atoms with E-state index in [1.807, 2.05) is 36.2 Å². The van der Waals surface area contributed by atoms with Gasteiger partial charge in [0.05, 0.1) is 23.4 Å². The molecule has 3 aromatic rings. The van der Waals surface area contributed by atoms with E-state index in [2.05, 4.69) is 20.3 Å². The molecule has 0 aliphatic carbocycles. The van der Waals surface area contributed by atoms with Crippen molar-refractivity contribution in [2.24, 2.45) is 5.92 Å². The molecule has 8 nitrogen and oxygen atoms in total. The number of fused-ring (bicyclic) bond motifs is 2. The van der Waals surface area contributed by atoms with E-state index in [9.17, 15) is 4.79 Å². The van der Waals surface area contributed by atoms with Gasteiger partial charge < -0.3 is 9.64 Å².